The van der Waals surface area contributed by atoms with Crippen molar-refractivity contribution in [2.24, 2.45) is 0 Å². The number of nitrogens with one attached hydrogen (secondary N) is 1. The first-order valence-electron chi connectivity index (χ1n) is 7.91. The van der Waals surface area contributed by atoms with Crippen molar-refractivity contribution in [2.75, 3.05) is 5.32 Å². The van der Waals surface area contributed by atoms with Crippen LogP contribution in [0.25, 0.3) is 0 Å². The first-order valence-corrected chi connectivity index (χ1v) is 7.91. The maximum absolute atomic E-state index is 12.6. The molecule has 0 saturated carbocycles. The SMILES string of the molecule is Cc1ccc(C(=O)Nc2c(C(C)C)cccc2C(C)C)cc1. The number of para-hydroxylation sites is 1. The third kappa shape index (κ3) is 3.56. The van der Waals surface area contributed by atoms with E-state index in [0.29, 0.717) is 17.4 Å². The molecule has 0 aliphatic rings. The number of carbonyl (C=O) groups is 1. The Kier molecular flexibility index (Phi) is 5.02. The molecule has 0 bridgehead atoms. The Morgan fingerprint density at radius 1 is 0.864 bits per heavy atom. The number of carbonyl (C=O) groups excluding carboxylic acids is 1. The molecule has 0 radical (unpaired) electrons. The van der Waals surface area contributed by atoms with Crippen LogP contribution in [-0.4, -0.2) is 5.91 Å². The van der Waals surface area contributed by atoms with Crippen molar-refractivity contribution in [3.63, 3.8) is 0 Å². The van der Waals surface area contributed by atoms with Gasteiger partial charge in [0.05, 0.1) is 0 Å². The van der Waals surface area contributed by atoms with Gasteiger partial charge in [-0.15, -0.1) is 0 Å². The van der Waals surface area contributed by atoms with E-state index in [2.05, 4.69) is 51.2 Å². The van der Waals surface area contributed by atoms with Crippen LogP contribution in [0.4, 0.5) is 5.69 Å². The van der Waals surface area contributed by atoms with E-state index >= 15 is 0 Å². The van der Waals surface area contributed by atoms with Crippen LogP contribution in [0.5, 0.6) is 0 Å². The second-order valence-corrected chi connectivity index (χ2v) is 6.44. The Balaban J connectivity index is 2.39. The maximum Gasteiger partial charge on any atom is 0.255 e. The third-order valence-electron chi connectivity index (χ3n) is 3.93. The van der Waals surface area contributed by atoms with Gasteiger partial charge in [0, 0.05) is 11.3 Å². The summed E-state index contributed by atoms with van der Waals surface area (Å²) in [5.41, 5.74) is 5.19. The Bertz CT molecular complexity index is 628. The Morgan fingerprint density at radius 3 is 1.82 bits per heavy atom. The van der Waals surface area contributed by atoms with Crippen LogP contribution in [-0.2, 0) is 0 Å². The van der Waals surface area contributed by atoms with Crippen molar-refractivity contribution < 1.29 is 4.79 Å². The molecule has 0 aliphatic heterocycles. The molecule has 2 aromatic rings. The molecule has 2 rings (SSSR count). The van der Waals surface area contributed by atoms with Crippen LogP contribution >= 0.6 is 0 Å². The van der Waals surface area contributed by atoms with Crippen LogP contribution in [0.1, 0.15) is 66.6 Å². The van der Waals surface area contributed by atoms with Gasteiger partial charge in [0.25, 0.3) is 5.91 Å². The van der Waals surface area contributed by atoms with Crippen molar-refractivity contribution in [3.8, 4) is 0 Å². The standard InChI is InChI=1S/C20H25NO/c1-13(2)17-7-6-8-18(14(3)4)19(17)21-20(22)16-11-9-15(5)10-12-16/h6-14H,1-5H3,(H,21,22). The van der Waals surface area contributed by atoms with Gasteiger partial charge in [-0.1, -0.05) is 63.6 Å². The molecular weight excluding hydrogens is 270 g/mol. The fourth-order valence-corrected chi connectivity index (χ4v) is 2.59. The van der Waals surface area contributed by atoms with E-state index in [0.717, 1.165) is 11.3 Å². The van der Waals surface area contributed by atoms with E-state index in [1.54, 1.807) is 0 Å². The van der Waals surface area contributed by atoms with Crippen LogP contribution in [0, 0.1) is 6.92 Å². The molecule has 2 heteroatoms. The van der Waals surface area contributed by atoms with E-state index in [-0.39, 0.29) is 5.91 Å². The number of anilines is 1. The zero-order chi connectivity index (χ0) is 16.3. The van der Waals surface area contributed by atoms with Gasteiger partial charge in [0.15, 0.2) is 0 Å². The lowest BCUT2D eigenvalue weighted by Crippen LogP contribution is -2.15. The van der Waals surface area contributed by atoms with Gasteiger partial charge in [-0.25, -0.2) is 0 Å². The quantitative estimate of drug-likeness (QED) is 0.793. The van der Waals surface area contributed by atoms with E-state index < -0.39 is 0 Å². The maximum atomic E-state index is 12.6. The summed E-state index contributed by atoms with van der Waals surface area (Å²) in [5.74, 6) is 0.689. The lowest BCUT2D eigenvalue weighted by atomic mass is 9.92. The molecule has 0 spiro atoms. The smallest absolute Gasteiger partial charge is 0.255 e. The van der Waals surface area contributed by atoms with Crippen LogP contribution in [0.3, 0.4) is 0 Å². The predicted molar refractivity (Wildman–Crippen MR) is 93.8 cm³/mol. The average Bonchev–Trinajstić information content (AvgIpc) is 2.47. The molecule has 0 unspecified atom stereocenters. The van der Waals surface area contributed by atoms with Crippen molar-refractivity contribution in [1.29, 1.82) is 0 Å². The minimum absolute atomic E-state index is 0.0463. The number of hydrogen-bond donors (Lipinski definition) is 1. The molecule has 22 heavy (non-hydrogen) atoms. The molecule has 1 amide bonds. The molecule has 0 aromatic heterocycles. The largest absolute Gasteiger partial charge is 0.321 e. The normalized spacial score (nSPS) is 11.0. The Morgan fingerprint density at radius 2 is 1.36 bits per heavy atom. The number of amides is 1. The summed E-state index contributed by atoms with van der Waals surface area (Å²) in [6.45, 7) is 10.6. The molecule has 0 atom stereocenters. The minimum atomic E-state index is -0.0463. The van der Waals surface area contributed by atoms with Crippen molar-refractivity contribution in [1.82, 2.24) is 0 Å². The summed E-state index contributed by atoms with van der Waals surface area (Å²) < 4.78 is 0. The zero-order valence-corrected chi connectivity index (χ0v) is 14.1. The molecular formula is C20H25NO. The highest BCUT2D eigenvalue weighted by atomic mass is 16.1. The van der Waals surface area contributed by atoms with Gasteiger partial charge in [0.1, 0.15) is 0 Å². The first kappa shape index (κ1) is 16.3. The summed E-state index contributed by atoms with van der Waals surface area (Å²) in [4.78, 5) is 12.6. The van der Waals surface area contributed by atoms with E-state index in [4.69, 9.17) is 0 Å². The summed E-state index contributed by atoms with van der Waals surface area (Å²) in [5, 5.41) is 3.14. The molecule has 0 saturated heterocycles. The highest BCUT2D eigenvalue weighted by molar-refractivity contribution is 6.05. The number of rotatable bonds is 4. The van der Waals surface area contributed by atoms with Gasteiger partial charge in [-0.05, 0) is 42.0 Å². The highest BCUT2D eigenvalue weighted by Gasteiger charge is 2.16. The van der Waals surface area contributed by atoms with E-state index in [1.165, 1.54) is 11.1 Å². The molecule has 0 fully saturated rings. The van der Waals surface area contributed by atoms with Crippen molar-refractivity contribution >= 4 is 11.6 Å². The first-order chi connectivity index (χ1) is 10.4. The van der Waals surface area contributed by atoms with Gasteiger partial charge in [-0.3, -0.25) is 4.79 Å². The topological polar surface area (TPSA) is 29.1 Å². The van der Waals surface area contributed by atoms with Gasteiger partial charge >= 0.3 is 0 Å². The highest BCUT2D eigenvalue weighted by Crippen LogP contribution is 2.32. The van der Waals surface area contributed by atoms with E-state index in [1.807, 2.05) is 31.2 Å². The fraction of sp³-hybridized carbons (Fsp3) is 0.350. The van der Waals surface area contributed by atoms with Crippen LogP contribution in [0.15, 0.2) is 42.5 Å². The molecule has 0 aliphatic carbocycles. The summed E-state index contributed by atoms with van der Waals surface area (Å²) in [6.07, 6.45) is 0. The van der Waals surface area contributed by atoms with Gasteiger partial charge in [-0.2, -0.15) is 0 Å². The molecule has 2 nitrogen and oxygen atoms in total. The van der Waals surface area contributed by atoms with Gasteiger partial charge < -0.3 is 5.32 Å². The van der Waals surface area contributed by atoms with Crippen molar-refractivity contribution in [2.45, 2.75) is 46.5 Å². The van der Waals surface area contributed by atoms with Gasteiger partial charge in [0.2, 0.25) is 0 Å². The summed E-state index contributed by atoms with van der Waals surface area (Å²) >= 11 is 0. The second kappa shape index (κ2) is 6.78. The molecule has 1 N–H and O–H groups in total. The van der Waals surface area contributed by atoms with Crippen molar-refractivity contribution in [3.05, 3.63) is 64.7 Å². The predicted octanol–water partition coefficient (Wildman–Crippen LogP) is 5.49. The lowest BCUT2D eigenvalue weighted by Gasteiger charge is -2.20. The second-order valence-electron chi connectivity index (χ2n) is 6.44. The summed E-state index contributed by atoms with van der Waals surface area (Å²) in [7, 11) is 0. The van der Waals surface area contributed by atoms with E-state index in [9.17, 15) is 4.79 Å². The number of benzene rings is 2. The third-order valence-corrected chi connectivity index (χ3v) is 3.93. The molecule has 0 heterocycles. The monoisotopic (exact) mass is 295 g/mol. The summed E-state index contributed by atoms with van der Waals surface area (Å²) in [6, 6.07) is 13.9. The Labute approximate surface area is 133 Å². The van der Waals surface area contributed by atoms with Crippen LogP contribution in [0.2, 0.25) is 0 Å². The van der Waals surface area contributed by atoms with Crippen LogP contribution < -0.4 is 5.32 Å². The minimum Gasteiger partial charge on any atom is -0.321 e. The average molecular weight is 295 g/mol. The molecule has 116 valence electrons. The number of aryl methyl sites for hydroxylation is 1. The zero-order valence-electron chi connectivity index (χ0n) is 14.1. The Hall–Kier alpha value is -2.09. The molecule has 2 aromatic carbocycles. The fourth-order valence-electron chi connectivity index (χ4n) is 2.59. The number of hydrogen-bond acceptors (Lipinski definition) is 1. The lowest BCUT2D eigenvalue weighted by molar-refractivity contribution is 0.102.